The molecule has 1 saturated carbocycles. The molecule has 0 spiro atoms. The van der Waals surface area contributed by atoms with Crippen molar-refractivity contribution in [2.45, 2.75) is 39.5 Å². The van der Waals surface area contributed by atoms with Crippen molar-refractivity contribution in [3.8, 4) is 0 Å². The number of aryl methyl sites for hydroxylation is 1. The van der Waals surface area contributed by atoms with Crippen molar-refractivity contribution in [1.82, 2.24) is 5.32 Å². The predicted molar refractivity (Wildman–Crippen MR) is 79.3 cm³/mol. The van der Waals surface area contributed by atoms with Crippen LogP contribution in [0.4, 0.5) is 4.39 Å². The zero-order valence-corrected chi connectivity index (χ0v) is 12.6. The fourth-order valence-corrected chi connectivity index (χ4v) is 2.36. The largest absolute Gasteiger partial charge is 0.315 e. The normalized spacial score (nSPS) is 16.4. The Kier molecular flexibility index (Phi) is 4.92. The Balaban J connectivity index is 2.10. The SMILES string of the molecule is Cc1ccc([C@@H](CNCC2CC2)C(=O)C(C)C)cc1F. The number of hydrogen-bond acceptors (Lipinski definition) is 2. The summed E-state index contributed by atoms with van der Waals surface area (Å²) in [6, 6.07) is 5.15. The fourth-order valence-electron chi connectivity index (χ4n) is 2.36. The van der Waals surface area contributed by atoms with E-state index in [-0.39, 0.29) is 23.4 Å². The molecular formula is C17H24FNO. The van der Waals surface area contributed by atoms with Crippen LogP contribution in [0.15, 0.2) is 18.2 Å². The van der Waals surface area contributed by atoms with Gasteiger partial charge in [-0.15, -0.1) is 0 Å². The number of hydrogen-bond donors (Lipinski definition) is 1. The highest BCUT2D eigenvalue weighted by Crippen LogP contribution is 2.28. The van der Waals surface area contributed by atoms with Crippen molar-refractivity contribution >= 4 is 5.78 Å². The maximum Gasteiger partial charge on any atom is 0.144 e. The van der Waals surface area contributed by atoms with Crippen LogP contribution >= 0.6 is 0 Å². The molecule has 0 bridgehead atoms. The molecule has 0 aromatic heterocycles. The van der Waals surface area contributed by atoms with E-state index in [2.05, 4.69) is 5.32 Å². The first-order chi connectivity index (χ1) is 9.49. The Hall–Kier alpha value is -1.22. The summed E-state index contributed by atoms with van der Waals surface area (Å²) in [6.45, 7) is 7.12. The highest BCUT2D eigenvalue weighted by molar-refractivity contribution is 5.87. The molecule has 0 aliphatic heterocycles. The van der Waals surface area contributed by atoms with Crippen LogP contribution < -0.4 is 5.32 Å². The first kappa shape index (κ1) is 15.2. The molecule has 1 aromatic rings. The Morgan fingerprint density at radius 3 is 2.65 bits per heavy atom. The molecule has 2 nitrogen and oxygen atoms in total. The lowest BCUT2D eigenvalue weighted by Crippen LogP contribution is -2.30. The lowest BCUT2D eigenvalue weighted by Gasteiger charge is -2.19. The van der Waals surface area contributed by atoms with Gasteiger partial charge >= 0.3 is 0 Å². The van der Waals surface area contributed by atoms with E-state index in [4.69, 9.17) is 0 Å². The quantitative estimate of drug-likeness (QED) is 0.827. The van der Waals surface area contributed by atoms with Crippen molar-refractivity contribution in [3.05, 3.63) is 35.1 Å². The lowest BCUT2D eigenvalue weighted by molar-refractivity contribution is -0.123. The Morgan fingerprint density at radius 2 is 2.10 bits per heavy atom. The van der Waals surface area contributed by atoms with E-state index in [9.17, 15) is 9.18 Å². The third-order valence-corrected chi connectivity index (χ3v) is 3.99. The average molecular weight is 277 g/mol. The van der Waals surface area contributed by atoms with E-state index in [1.54, 1.807) is 13.0 Å². The van der Waals surface area contributed by atoms with Gasteiger partial charge in [0.25, 0.3) is 0 Å². The van der Waals surface area contributed by atoms with Gasteiger partial charge in [-0.1, -0.05) is 26.0 Å². The van der Waals surface area contributed by atoms with E-state index in [1.165, 1.54) is 18.9 Å². The molecular weight excluding hydrogens is 253 g/mol. The number of ketones is 1. The second-order valence-corrected chi connectivity index (χ2v) is 6.22. The monoisotopic (exact) mass is 277 g/mol. The zero-order chi connectivity index (χ0) is 14.7. The van der Waals surface area contributed by atoms with Crippen molar-refractivity contribution in [3.63, 3.8) is 0 Å². The van der Waals surface area contributed by atoms with Gasteiger partial charge < -0.3 is 5.32 Å². The standard InChI is InChI=1S/C17H24FNO/c1-11(2)17(20)15(10-19-9-13-5-6-13)14-7-4-12(3)16(18)8-14/h4,7-8,11,13,15,19H,5-6,9-10H2,1-3H3/t15-/m1/s1. The van der Waals surface area contributed by atoms with Crippen LogP contribution in [-0.4, -0.2) is 18.9 Å². The molecule has 1 aliphatic rings. The van der Waals surface area contributed by atoms with Gasteiger partial charge in [-0.3, -0.25) is 4.79 Å². The summed E-state index contributed by atoms with van der Waals surface area (Å²) < 4.78 is 13.7. The maximum atomic E-state index is 13.7. The van der Waals surface area contributed by atoms with Crippen molar-refractivity contribution < 1.29 is 9.18 Å². The van der Waals surface area contributed by atoms with Gasteiger partial charge in [0, 0.05) is 12.5 Å². The van der Waals surface area contributed by atoms with E-state index < -0.39 is 0 Å². The van der Waals surface area contributed by atoms with Crippen LogP contribution in [-0.2, 0) is 4.79 Å². The van der Waals surface area contributed by atoms with E-state index in [1.807, 2.05) is 19.9 Å². The third-order valence-electron chi connectivity index (χ3n) is 3.99. The molecule has 1 fully saturated rings. The first-order valence-electron chi connectivity index (χ1n) is 7.49. The molecule has 1 aliphatic carbocycles. The molecule has 1 N–H and O–H groups in total. The van der Waals surface area contributed by atoms with E-state index >= 15 is 0 Å². The molecule has 2 rings (SSSR count). The van der Waals surface area contributed by atoms with E-state index in [0.717, 1.165) is 18.0 Å². The number of carbonyl (C=O) groups excluding carboxylic acids is 1. The predicted octanol–water partition coefficient (Wildman–Crippen LogP) is 3.44. The van der Waals surface area contributed by atoms with Crippen molar-refractivity contribution in [1.29, 1.82) is 0 Å². The van der Waals surface area contributed by atoms with Crippen LogP contribution in [0.25, 0.3) is 0 Å². The Labute approximate surface area is 120 Å². The summed E-state index contributed by atoms with van der Waals surface area (Å²) in [6.07, 6.45) is 2.57. The number of halogens is 1. The number of Topliss-reactive ketones (excluding diaryl/α,β-unsaturated/α-hetero) is 1. The molecule has 0 amide bonds. The summed E-state index contributed by atoms with van der Waals surface area (Å²) in [5.74, 6) is 0.443. The number of nitrogens with one attached hydrogen (secondary N) is 1. The Bertz CT molecular complexity index is 480. The molecule has 0 saturated heterocycles. The third kappa shape index (κ3) is 3.89. The highest BCUT2D eigenvalue weighted by atomic mass is 19.1. The summed E-state index contributed by atoms with van der Waals surface area (Å²) >= 11 is 0. The summed E-state index contributed by atoms with van der Waals surface area (Å²) in [5, 5.41) is 3.37. The minimum Gasteiger partial charge on any atom is -0.315 e. The highest BCUT2D eigenvalue weighted by Gasteiger charge is 2.25. The van der Waals surface area contributed by atoms with Crippen LogP contribution in [0.1, 0.15) is 43.7 Å². The molecule has 1 aromatic carbocycles. The maximum absolute atomic E-state index is 13.7. The molecule has 0 radical (unpaired) electrons. The van der Waals surface area contributed by atoms with Crippen LogP contribution in [0, 0.1) is 24.6 Å². The average Bonchev–Trinajstić information content (AvgIpc) is 3.21. The minimum atomic E-state index is -0.246. The molecule has 0 heterocycles. The van der Waals surface area contributed by atoms with Gasteiger partial charge in [-0.25, -0.2) is 4.39 Å². The summed E-state index contributed by atoms with van der Waals surface area (Å²) in [5.41, 5.74) is 1.41. The molecule has 20 heavy (non-hydrogen) atoms. The van der Waals surface area contributed by atoms with Gasteiger partial charge in [0.2, 0.25) is 0 Å². The molecule has 3 heteroatoms. The van der Waals surface area contributed by atoms with Crippen LogP contribution in [0.5, 0.6) is 0 Å². The molecule has 110 valence electrons. The van der Waals surface area contributed by atoms with Gasteiger partial charge in [0.15, 0.2) is 0 Å². The Morgan fingerprint density at radius 1 is 1.40 bits per heavy atom. The van der Waals surface area contributed by atoms with Crippen LogP contribution in [0.3, 0.4) is 0 Å². The van der Waals surface area contributed by atoms with Crippen LogP contribution in [0.2, 0.25) is 0 Å². The topological polar surface area (TPSA) is 29.1 Å². The van der Waals surface area contributed by atoms with Gasteiger partial charge in [0.05, 0.1) is 5.92 Å². The number of benzene rings is 1. The number of carbonyl (C=O) groups is 1. The molecule has 0 unspecified atom stereocenters. The fraction of sp³-hybridized carbons (Fsp3) is 0.588. The van der Waals surface area contributed by atoms with E-state index in [0.29, 0.717) is 12.1 Å². The zero-order valence-electron chi connectivity index (χ0n) is 12.6. The van der Waals surface area contributed by atoms with Crippen molar-refractivity contribution in [2.75, 3.05) is 13.1 Å². The second kappa shape index (κ2) is 6.49. The summed E-state index contributed by atoms with van der Waals surface area (Å²) in [4.78, 5) is 12.4. The first-order valence-corrected chi connectivity index (χ1v) is 7.49. The smallest absolute Gasteiger partial charge is 0.144 e. The van der Waals surface area contributed by atoms with Gasteiger partial charge in [-0.05, 0) is 49.4 Å². The van der Waals surface area contributed by atoms with Gasteiger partial charge in [-0.2, -0.15) is 0 Å². The number of rotatable bonds is 7. The van der Waals surface area contributed by atoms with Gasteiger partial charge in [0.1, 0.15) is 11.6 Å². The lowest BCUT2D eigenvalue weighted by atomic mass is 9.88. The summed E-state index contributed by atoms with van der Waals surface area (Å²) in [7, 11) is 0. The second-order valence-electron chi connectivity index (χ2n) is 6.22. The minimum absolute atomic E-state index is 0.0351. The van der Waals surface area contributed by atoms with Crippen molar-refractivity contribution in [2.24, 2.45) is 11.8 Å². The molecule has 1 atom stereocenters.